The highest BCUT2D eigenvalue weighted by Gasteiger charge is 2.22. The van der Waals surface area contributed by atoms with Crippen molar-refractivity contribution >= 4 is 34.8 Å². The molecule has 1 saturated heterocycles. The molecule has 7 heteroatoms. The Kier molecular flexibility index (Phi) is 7.34. The number of anilines is 2. The molecule has 160 valence electrons. The number of halogens is 1. The highest BCUT2D eigenvalue weighted by molar-refractivity contribution is 6.34. The van der Waals surface area contributed by atoms with E-state index in [-0.39, 0.29) is 17.9 Å². The molecule has 2 aromatic carbocycles. The van der Waals surface area contributed by atoms with Gasteiger partial charge in [-0.3, -0.25) is 9.59 Å². The van der Waals surface area contributed by atoms with E-state index < -0.39 is 0 Å². The number of ether oxygens (including phenoxy) is 1. The monoisotopic (exact) mass is 429 g/mol. The number of hydrogen-bond donors (Lipinski definition) is 1. The molecule has 6 nitrogen and oxygen atoms in total. The van der Waals surface area contributed by atoms with E-state index in [0.29, 0.717) is 29.4 Å². The van der Waals surface area contributed by atoms with Gasteiger partial charge in [-0.15, -0.1) is 0 Å². The molecule has 1 heterocycles. The Morgan fingerprint density at radius 2 is 1.97 bits per heavy atom. The Morgan fingerprint density at radius 3 is 2.60 bits per heavy atom. The molecule has 0 radical (unpaired) electrons. The molecule has 0 bridgehead atoms. The molecule has 2 amide bonds. The van der Waals surface area contributed by atoms with Gasteiger partial charge >= 0.3 is 0 Å². The highest BCUT2D eigenvalue weighted by Crippen LogP contribution is 2.26. The van der Waals surface area contributed by atoms with Gasteiger partial charge in [0.15, 0.2) is 0 Å². The van der Waals surface area contributed by atoms with Gasteiger partial charge in [0, 0.05) is 52.1 Å². The number of amides is 2. The van der Waals surface area contributed by atoms with Crippen LogP contribution in [-0.2, 0) is 16.1 Å². The van der Waals surface area contributed by atoms with Gasteiger partial charge < -0.3 is 19.9 Å². The number of nitrogens with zero attached hydrogens (tertiary/aromatic N) is 2. The van der Waals surface area contributed by atoms with Crippen LogP contribution in [-0.4, -0.2) is 50.1 Å². The minimum atomic E-state index is -0.271. The quantitative estimate of drug-likeness (QED) is 0.717. The van der Waals surface area contributed by atoms with E-state index in [2.05, 4.69) is 5.32 Å². The first-order valence-corrected chi connectivity index (χ1v) is 10.5. The normalized spacial score (nSPS) is 15.7. The summed E-state index contributed by atoms with van der Waals surface area (Å²) in [5.41, 5.74) is 3.01. The standard InChI is InChI=1S/C23H28ClN3O3/c1-16(28)27(15-19-7-6-12-30-19)14-17-13-18(10-11-22(17)26(2)3)25-23(29)20-8-4-5-9-21(20)24/h4-5,8-11,13,19H,6-7,12,14-15H2,1-3H3,(H,25,29)/t19-/m0/s1. The molecule has 0 aromatic heterocycles. The maximum Gasteiger partial charge on any atom is 0.257 e. The van der Waals surface area contributed by atoms with Crippen molar-refractivity contribution in [3.8, 4) is 0 Å². The number of rotatable bonds is 7. The Morgan fingerprint density at radius 1 is 1.20 bits per heavy atom. The molecule has 0 unspecified atom stereocenters. The Labute approximate surface area is 182 Å². The van der Waals surface area contributed by atoms with E-state index >= 15 is 0 Å². The molecule has 30 heavy (non-hydrogen) atoms. The van der Waals surface area contributed by atoms with Crippen LogP contribution in [0.3, 0.4) is 0 Å². The van der Waals surface area contributed by atoms with Gasteiger partial charge in [0.1, 0.15) is 0 Å². The zero-order chi connectivity index (χ0) is 21.7. The zero-order valence-corrected chi connectivity index (χ0v) is 18.4. The van der Waals surface area contributed by atoms with E-state index in [9.17, 15) is 9.59 Å². The molecule has 1 aliphatic rings. The lowest BCUT2D eigenvalue weighted by Gasteiger charge is -2.27. The molecule has 1 atom stereocenters. The second-order valence-corrected chi connectivity index (χ2v) is 8.11. The smallest absolute Gasteiger partial charge is 0.257 e. The van der Waals surface area contributed by atoms with Crippen molar-refractivity contribution in [2.45, 2.75) is 32.4 Å². The fourth-order valence-corrected chi connectivity index (χ4v) is 3.84. The van der Waals surface area contributed by atoms with Gasteiger partial charge in [0.2, 0.25) is 5.91 Å². The van der Waals surface area contributed by atoms with Gasteiger partial charge in [-0.05, 0) is 48.7 Å². The molecule has 1 fully saturated rings. The predicted octanol–water partition coefficient (Wildman–Crippen LogP) is 4.19. The van der Waals surface area contributed by atoms with Crippen LogP contribution in [0.25, 0.3) is 0 Å². The fraction of sp³-hybridized carbons (Fsp3) is 0.391. The lowest BCUT2D eigenvalue weighted by atomic mass is 10.1. The maximum absolute atomic E-state index is 12.6. The minimum Gasteiger partial charge on any atom is -0.377 e. The summed E-state index contributed by atoms with van der Waals surface area (Å²) in [5.74, 6) is -0.271. The van der Waals surface area contributed by atoms with Crippen LogP contribution in [0.1, 0.15) is 35.7 Å². The van der Waals surface area contributed by atoms with Crippen molar-refractivity contribution in [3.63, 3.8) is 0 Å². The van der Waals surface area contributed by atoms with Crippen molar-refractivity contribution in [2.75, 3.05) is 37.5 Å². The Balaban J connectivity index is 1.82. The average molecular weight is 430 g/mol. The van der Waals surface area contributed by atoms with Crippen molar-refractivity contribution in [2.24, 2.45) is 0 Å². The van der Waals surface area contributed by atoms with Crippen LogP contribution in [0.15, 0.2) is 42.5 Å². The summed E-state index contributed by atoms with van der Waals surface area (Å²) in [5, 5.41) is 3.31. The van der Waals surface area contributed by atoms with Crippen LogP contribution in [0, 0.1) is 0 Å². The summed E-state index contributed by atoms with van der Waals surface area (Å²) in [6.45, 7) is 3.34. The number of carbonyl (C=O) groups excluding carboxylic acids is 2. The van der Waals surface area contributed by atoms with Gasteiger partial charge in [-0.25, -0.2) is 0 Å². The van der Waals surface area contributed by atoms with Crippen LogP contribution in [0.4, 0.5) is 11.4 Å². The molecule has 1 aliphatic heterocycles. The lowest BCUT2D eigenvalue weighted by Crippen LogP contribution is -2.35. The number of benzene rings is 2. The highest BCUT2D eigenvalue weighted by atomic mass is 35.5. The third kappa shape index (κ3) is 5.52. The van der Waals surface area contributed by atoms with Gasteiger partial charge in [0.05, 0.1) is 16.7 Å². The molecule has 0 spiro atoms. The van der Waals surface area contributed by atoms with Crippen LogP contribution >= 0.6 is 11.6 Å². The third-order valence-corrected chi connectivity index (χ3v) is 5.52. The molecule has 0 aliphatic carbocycles. The fourth-order valence-electron chi connectivity index (χ4n) is 3.61. The average Bonchev–Trinajstić information content (AvgIpc) is 3.21. The largest absolute Gasteiger partial charge is 0.377 e. The number of hydrogen-bond acceptors (Lipinski definition) is 4. The Bertz CT molecular complexity index is 910. The van der Waals surface area contributed by atoms with Crippen LogP contribution in [0.5, 0.6) is 0 Å². The van der Waals surface area contributed by atoms with E-state index in [1.165, 1.54) is 0 Å². The second-order valence-electron chi connectivity index (χ2n) is 7.71. The minimum absolute atomic E-state index is 0.000659. The SMILES string of the molecule is CC(=O)N(Cc1cc(NC(=O)c2ccccc2Cl)ccc1N(C)C)C[C@@H]1CCCO1. The first-order chi connectivity index (χ1) is 14.3. The van der Waals surface area contributed by atoms with E-state index in [4.69, 9.17) is 16.3 Å². The molecular formula is C23H28ClN3O3. The van der Waals surface area contributed by atoms with Crippen molar-refractivity contribution < 1.29 is 14.3 Å². The summed E-state index contributed by atoms with van der Waals surface area (Å²) in [6, 6.07) is 12.6. The van der Waals surface area contributed by atoms with Gasteiger partial charge in [-0.2, -0.15) is 0 Å². The van der Waals surface area contributed by atoms with Crippen LogP contribution < -0.4 is 10.2 Å². The summed E-state index contributed by atoms with van der Waals surface area (Å²) in [7, 11) is 3.91. The second kappa shape index (κ2) is 9.96. The number of nitrogens with one attached hydrogen (secondary N) is 1. The van der Waals surface area contributed by atoms with E-state index in [0.717, 1.165) is 30.7 Å². The van der Waals surface area contributed by atoms with Crippen molar-refractivity contribution in [1.29, 1.82) is 0 Å². The van der Waals surface area contributed by atoms with Crippen molar-refractivity contribution in [3.05, 3.63) is 58.6 Å². The molecular weight excluding hydrogens is 402 g/mol. The first kappa shape index (κ1) is 22.1. The number of carbonyl (C=O) groups is 2. The van der Waals surface area contributed by atoms with Crippen molar-refractivity contribution in [1.82, 2.24) is 4.90 Å². The molecule has 3 rings (SSSR count). The molecule has 0 saturated carbocycles. The molecule has 2 aromatic rings. The third-order valence-electron chi connectivity index (χ3n) is 5.19. The predicted molar refractivity (Wildman–Crippen MR) is 120 cm³/mol. The van der Waals surface area contributed by atoms with E-state index in [1.807, 2.05) is 37.2 Å². The Hall–Kier alpha value is -2.57. The lowest BCUT2D eigenvalue weighted by molar-refractivity contribution is -0.131. The summed E-state index contributed by atoms with van der Waals surface area (Å²) in [6.07, 6.45) is 2.08. The molecule has 1 N–H and O–H groups in total. The van der Waals surface area contributed by atoms with Crippen LogP contribution in [0.2, 0.25) is 5.02 Å². The summed E-state index contributed by atoms with van der Waals surface area (Å²) < 4.78 is 5.71. The maximum atomic E-state index is 12.6. The first-order valence-electron chi connectivity index (χ1n) is 10.1. The topological polar surface area (TPSA) is 61.9 Å². The van der Waals surface area contributed by atoms with Gasteiger partial charge in [-0.1, -0.05) is 23.7 Å². The van der Waals surface area contributed by atoms with Gasteiger partial charge in [0.25, 0.3) is 5.91 Å². The summed E-state index contributed by atoms with van der Waals surface area (Å²) in [4.78, 5) is 28.7. The van der Waals surface area contributed by atoms with E-state index in [1.54, 1.807) is 36.1 Å². The zero-order valence-electron chi connectivity index (χ0n) is 17.7. The summed E-state index contributed by atoms with van der Waals surface area (Å²) >= 11 is 6.14.